The summed E-state index contributed by atoms with van der Waals surface area (Å²) in [6.45, 7) is 7.73. The zero-order chi connectivity index (χ0) is 23.4. The van der Waals surface area contributed by atoms with E-state index in [0.717, 1.165) is 45.4 Å². The van der Waals surface area contributed by atoms with Gasteiger partial charge in [-0.3, -0.25) is 4.79 Å². The van der Waals surface area contributed by atoms with Crippen molar-refractivity contribution in [2.24, 2.45) is 0 Å². The van der Waals surface area contributed by atoms with E-state index in [9.17, 15) is 4.79 Å². The zero-order valence-corrected chi connectivity index (χ0v) is 20.2. The normalized spacial score (nSPS) is 12.1. The Morgan fingerprint density at radius 2 is 1.85 bits per heavy atom. The highest BCUT2D eigenvalue weighted by Gasteiger charge is 2.20. The molecule has 0 aliphatic rings. The summed E-state index contributed by atoms with van der Waals surface area (Å²) in [6.07, 6.45) is 1.96. The molecule has 0 fully saturated rings. The van der Waals surface area contributed by atoms with E-state index in [1.165, 1.54) is 11.8 Å². The van der Waals surface area contributed by atoms with Gasteiger partial charge in [0.15, 0.2) is 16.8 Å². The average Bonchev–Trinajstić information content (AvgIpc) is 3.44. The smallest absolute Gasteiger partial charge is 0.191 e. The van der Waals surface area contributed by atoms with Crippen LogP contribution in [0, 0.1) is 0 Å². The molecule has 0 bridgehead atoms. The number of carbonyl (C=O) groups is 1. The molecule has 1 unspecified atom stereocenters. The van der Waals surface area contributed by atoms with Crippen molar-refractivity contribution >= 4 is 34.1 Å². The van der Waals surface area contributed by atoms with Crippen molar-refractivity contribution in [3.05, 3.63) is 66.1 Å². The van der Waals surface area contributed by atoms with Gasteiger partial charge in [-0.05, 0) is 39.0 Å². The van der Waals surface area contributed by atoms with Crippen LogP contribution in [0.1, 0.15) is 43.0 Å². The van der Waals surface area contributed by atoms with Gasteiger partial charge in [0, 0.05) is 35.8 Å². The van der Waals surface area contributed by atoms with Crippen molar-refractivity contribution in [3.63, 3.8) is 0 Å². The highest BCUT2D eigenvalue weighted by atomic mass is 32.2. The molecule has 8 heteroatoms. The molecule has 1 atom stereocenters. The molecule has 7 nitrogen and oxygen atoms in total. The number of para-hydroxylation sites is 3. The number of carbonyl (C=O) groups excluding carboxylic acids is 1. The molecule has 0 spiro atoms. The number of aromatic nitrogens is 4. The van der Waals surface area contributed by atoms with Crippen LogP contribution < -0.4 is 10.1 Å². The molecular weight excluding hydrogens is 434 g/mol. The molecule has 2 aromatic carbocycles. The molecular formula is C25H29N5O2S. The molecule has 0 saturated heterocycles. The lowest BCUT2D eigenvalue weighted by Gasteiger charge is -2.18. The van der Waals surface area contributed by atoms with Crippen molar-refractivity contribution in [2.45, 2.75) is 45.1 Å². The van der Waals surface area contributed by atoms with Crippen LogP contribution in [-0.2, 0) is 13.1 Å². The second kappa shape index (κ2) is 10.1. The summed E-state index contributed by atoms with van der Waals surface area (Å²) in [5.74, 6) is 2.00. The largest absolute Gasteiger partial charge is 0.495 e. The van der Waals surface area contributed by atoms with E-state index in [0.29, 0.717) is 12.3 Å². The quantitative estimate of drug-likeness (QED) is 0.250. The Labute approximate surface area is 198 Å². The molecule has 4 rings (SSSR count). The molecule has 4 aromatic rings. The predicted octanol–water partition coefficient (Wildman–Crippen LogP) is 5.43. The molecule has 1 N–H and O–H groups in total. The second-order valence-corrected chi connectivity index (χ2v) is 8.65. The first-order valence-electron chi connectivity index (χ1n) is 11.1. The van der Waals surface area contributed by atoms with E-state index < -0.39 is 0 Å². The monoisotopic (exact) mass is 463 g/mol. The number of nitrogens with one attached hydrogen (secondary N) is 1. The molecule has 0 aliphatic carbocycles. The number of rotatable bonds is 10. The van der Waals surface area contributed by atoms with Gasteiger partial charge in [0.25, 0.3) is 0 Å². The summed E-state index contributed by atoms with van der Waals surface area (Å²) in [7, 11) is 1.66. The van der Waals surface area contributed by atoms with Crippen molar-refractivity contribution in [3.8, 4) is 5.75 Å². The third-order valence-corrected chi connectivity index (χ3v) is 6.66. The number of hydrogen-bond donors (Lipinski definition) is 1. The van der Waals surface area contributed by atoms with E-state index in [2.05, 4.69) is 44.6 Å². The minimum Gasteiger partial charge on any atom is -0.495 e. The molecule has 0 saturated carbocycles. The van der Waals surface area contributed by atoms with Gasteiger partial charge in [-0.15, -0.1) is 10.2 Å². The number of Topliss-reactive ketones (excluding diaryl/α,β-unsaturated/α-hetero) is 1. The van der Waals surface area contributed by atoms with Gasteiger partial charge >= 0.3 is 0 Å². The molecule has 2 heterocycles. The Hall–Kier alpha value is -3.26. The maximum Gasteiger partial charge on any atom is 0.191 e. The Morgan fingerprint density at radius 3 is 2.61 bits per heavy atom. The third kappa shape index (κ3) is 4.61. The SMILES string of the molecule is CCn1c(SCC(=O)c2cn(CC)c3ccccc23)nnc1C(C)Nc1ccccc1OC. The lowest BCUT2D eigenvalue weighted by Crippen LogP contribution is -2.14. The Balaban J connectivity index is 1.50. The highest BCUT2D eigenvalue weighted by Crippen LogP contribution is 2.29. The lowest BCUT2D eigenvalue weighted by molar-refractivity contribution is 0.102. The molecule has 0 aliphatic heterocycles. The Morgan fingerprint density at radius 1 is 1.09 bits per heavy atom. The van der Waals surface area contributed by atoms with Gasteiger partial charge in [-0.2, -0.15) is 0 Å². The number of nitrogens with zero attached hydrogens (tertiary/aromatic N) is 4. The van der Waals surface area contributed by atoms with Crippen molar-refractivity contribution < 1.29 is 9.53 Å². The van der Waals surface area contributed by atoms with Gasteiger partial charge in [-0.1, -0.05) is 42.1 Å². The van der Waals surface area contributed by atoms with Crippen LogP contribution >= 0.6 is 11.8 Å². The van der Waals surface area contributed by atoms with Crippen LogP contribution in [0.3, 0.4) is 0 Å². The number of hydrogen-bond acceptors (Lipinski definition) is 6. The first-order chi connectivity index (χ1) is 16.1. The Bertz CT molecular complexity index is 1260. The number of methoxy groups -OCH3 is 1. The zero-order valence-electron chi connectivity index (χ0n) is 19.4. The summed E-state index contributed by atoms with van der Waals surface area (Å²) >= 11 is 1.43. The summed E-state index contributed by atoms with van der Waals surface area (Å²) in [5, 5.41) is 14.0. The number of thioether (sulfide) groups is 1. The molecule has 172 valence electrons. The number of benzene rings is 2. The van der Waals surface area contributed by atoms with Crippen LogP contribution in [-0.4, -0.2) is 38.0 Å². The van der Waals surface area contributed by atoms with Gasteiger partial charge in [-0.25, -0.2) is 0 Å². The molecule has 33 heavy (non-hydrogen) atoms. The van der Waals surface area contributed by atoms with E-state index in [1.54, 1.807) is 7.11 Å². The topological polar surface area (TPSA) is 74.0 Å². The number of anilines is 1. The van der Waals surface area contributed by atoms with E-state index >= 15 is 0 Å². The van der Waals surface area contributed by atoms with Crippen molar-refractivity contribution in [1.29, 1.82) is 0 Å². The summed E-state index contributed by atoms with van der Waals surface area (Å²) < 4.78 is 9.61. The maximum atomic E-state index is 13.1. The number of aryl methyl sites for hydroxylation is 1. The summed E-state index contributed by atoms with van der Waals surface area (Å²) in [6, 6.07) is 15.8. The second-order valence-electron chi connectivity index (χ2n) is 7.71. The molecule has 0 amide bonds. The van der Waals surface area contributed by atoms with Crippen LogP contribution in [0.15, 0.2) is 59.9 Å². The maximum absolute atomic E-state index is 13.1. The average molecular weight is 464 g/mol. The van der Waals surface area contributed by atoms with Crippen LogP contribution in [0.5, 0.6) is 5.75 Å². The van der Waals surface area contributed by atoms with Gasteiger partial charge < -0.3 is 19.2 Å². The fourth-order valence-electron chi connectivity index (χ4n) is 4.02. The van der Waals surface area contributed by atoms with E-state index in [1.807, 2.05) is 55.6 Å². The van der Waals surface area contributed by atoms with Gasteiger partial charge in [0.2, 0.25) is 0 Å². The lowest BCUT2D eigenvalue weighted by atomic mass is 10.1. The van der Waals surface area contributed by atoms with Gasteiger partial charge in [0.05, 0.1) is 24.6 Å². The fraction of sp³-hybridized carbons (Fsp3) is 0.320. The third-order valence-electron chi connectivity index (χ3n) is 5.69. The minimum atomic E-state index is -0.0821. The molecule has 2 aromatic heterocycles. The highest BCUT2D eigenvalue weighted by molar-refractivity contribution is 7.99. The standard InChI is InChI=1S/C25H29N5O2S/c1-5-29-15-19(18-11-7-9-13-21(18)29)22(31)16-33-25-28-27-24(30(25)6-2)17(3)26-20-12-8-10-14-23(20)32-4/h7-15,17,26H,5-6,16H2,1-4H3. The van der Waals surface area contributed by atoms with Crippen LogP contribution in [0.2, 0.25) is 0 Å². The molecule has 0 radical (unpaired) electrons. The summed E-state index contributed by atoms with van der Waals surface area (Å²) in [4.78, 5) is 13.1. The van der Waals surface area contributed by atoms with Crippen LogP contribution in [0.4, 0.5) is 5.69 Å². The predicted molar refractivity (Wildman–Crippen MR) is 133 cm³/mol. The Kier molecular flexibility index (Phi) is 7.03. The van der Waals surface area contributed by atoms with E-state index in [-0.39, 0.29) is 11.8 Å². The first kappa shape index (κ1) is 22.9. The summed E-state index contributed by atoms with van der Waals surface area (Å²) in [5.41, 5.74) is 2.74. The number of fused-ring (bicyclic) bond motifs is 1. The van der Waals surface area contributed by atoms with Crippen molar-refractivity contribution in [2.75, 3.05) is 18.2 Å². The van der Waals surface area contributed by atoms with Crippen LogP contribution in [0.25, 0.3) is 10.9 Å². The first-order valence-corrected chi connectivity index (χ1v) is 12.1. The number of ketones is 1. The fourth-order valence-corrected chi connectivity index (χ4v) is 4.92. The minimum absolute atomic E-state index is 0.0821. The number of ether oxygens (including phenoxy) is 1. The van der Waals surface area contributed by atoms with Crippen molar-refractivity contribution in [1.82, 2.24) is 19.3 Å². The van der Waals surface area contributed by atoms with E-state index in [4.69, 9.17) is 4.74 Å². The van der Waals surface area contributed by atoms with Gasteiger partial charge in [0.1, 0.15) is 5.75 Å².